The first kappa shape index (κ1) is 22.0. The second kappa shape index (κ2) is 9.13. The van der Waals surface area contributed by atoms with E-state index in [0.29, 0.717) is 5.69 Å². The highest BCUT2D eigenvalue weighted by Gasteiger charge is 2.42. The topological polar surface area (TPSA) is 40.6 Å². The molecule has 0 bridgehead atoms. The van der Waals surface area contributed by atoms with Crippen LogP contribution in [0.4, 0.5) is 11.4 Å². The predicted molar refractivity (Wildman–Crippen MR) is 134 cm³/mol. The first-order chi connectivity index (χ1) is 15.4. The molecular formula is C27H25BrN2O2. The Hall–Kier alpha value is -3.18. The first-order valence-corrected chi connectivity index (χ1v) is 11.3. The zero-order valence-corrected chi connectivity index (χ0v) is 20.0. The third kappa shape index (κ3) is 4.26. The average Bonchev–Trinajstić information content (AvgIpc) is 2.78. The van der Waals surface area contributed by atoms with E-state index < -0.39 is 6.04 Å². The number of carbonyl (C=O) groups is 2. The standard InChI is InChI=1S/C27H25BrN2O2/c1-18-8-7-11-24(20(18)3)29-17-25(31)30(23-14-12-22(28)13-15-23)26(27(29)32)19(2)16-21-9-5-4-6-10-21/h4-16,26H,17H2,1-3H3/b19-16+/t26-/m0/s1. The van der Waals surface area contributed by atoms with Crippen LogP contribution in [0.2, 0.25) is 0 Å². The van der Waals surface area contributed by atoms with E-state index in [1.54, 1.807) is 9.80 Å². The molecule has 1 aliphatic heterocycles. The number of aryl methyl sites for hydroxylation is 1. The van der Waals surface area contributed by atoms with Gasteiger partial charge in [0.2, 0.25) is 5.91 Å². The SMILES string of the molecule is C/C(=C\c1ccccc1)[C@H]1C(=O)N(c2cccc(C)c2C)CC(=O)N1c1ccc(Br)cc1. The van der Waals surface area contributed by atoms with Crippen LogP contribution in [0, 0.1) is 13.8 Å². The molecule has 4 rings (SSSR count). The lowest BCUT2D eigenvalue weighted by atomic mass is 9.97. The lowest BCUT2D eigenvalue weighted by Gasteiger charge is -2.41. The van der Waals surface area contributed by atoms with Gasteiger partial charge in [0.15, 0.2) is 0 Å². The summed E-state index contributed by atoms with van der Waals surface area (Å²) in [5.74, 6) is -0.218. The van der Waals surface area contributed by atoms with Gasteiger partial charge in [0.05, 0.1) is 0 Å². The monoisotopic (exact) mass is 488 g/mol. The summed E-state index contributed by atoms with van der Waals surface area (Å²) in [6.07, 6.45) is 1.98. The Balaban J connectivity index is 1.82. The first-order valence-electron chi connectivity index (χ1n) is 10.6. The summed E-state index contributed by atoms with van der Waals surface area (Å²) >= 11 is 3.45. The summed E-state index contributed by atoms with van der Waals surface area (Å²) in [6, 6.07) is 22.5. The van der Waals surface area contributed by atoms with Gasteiger partial charge < -0.3 is 4.90 Å². The number of hydrogen-bond acceptors (Lipinski definition) is 2. The van der Waals surface area contributed by atoms with Crippen LogP contribution in [-0.2, 0) is 9.59 Å². The van der Waals surface area contributed by atoms with E-state index >= 15 is 0 Å². The Kier molecular flexibility index (Phi) is 6.28. The smallest absolute Gasteiger partial charge is 0.254 e. The third-order valence-corrected chi connectivity index (χ3v) is 6.45. The molecule has 1 aliphatic rings. The molecule has 0 spiro atoms. The molecule has 0 saturated carbocycles. The molecule has 4 nitrogen and oxygen atoms in total. The van der Waals surface area contributed by atoms with Crippen molar-refractivity contribution in [3.8, 4) is 0 Å². The summed E-state index contributed by atoms with van der Waals surface area (Å²) < 4.78 is 0.919. The minimum absolute atomic E-state index is 0.00824. The van der Waals surface area contributed by atoms with E-state index in [-0.39, 0.29) is 18.4 Å². The highest BCUT2D eigenvalue weighted by atomic mass is 79.9. The van der Waals surface area contributed by atoms with Gasteiger partial charge in [-0.1, -0.05) is 64.5 Å². The molecular weight excluding hydrogens is 464 g/mol. The number of amides is 2. The number of halogens is 1. The molecule has 32 heavy (non-hydrogen) atoms. The number of piperazine rings is 1. The van der Waals surface area contributed by atoms with E-state index in [0.717, 1.165) is 32.4 Å². The molecule has 0 unspecified atom stereocenters. The van der Waals surface area contributed by atoms with Crippen LogP contribution in [0.25, 0.3) is 6.08 Å². The Labute approximate surface area is 197 Å². The van der Waals surface area contributed by atoms with Crippen molar-refractivity contribution >= 4 is 45.2 Å². The van der Waals surface area contributed by atoms with E-state index in [1.807, 2.05) is 99.6 Å². The molecule has 0 N–H and O–H groups in total. The number of hydrogen-bond donors (Lipinski definition) is 0. The number of anilines is 2. The summed E-state index contributed by atoms with van der Waals surface area (Å²) in [4.78, 5) is 30.6. The van der Waals surface area contributed by atoms with Gasteiger partial charge in [0, 0.05) is 15.8 Å². The molecule has 0 radical (unpaired) electrons. The fraction of sp³-hybridized carbons (Fsp3) is 0.185. The van der Waals surface area contributed by atoms with Crippen molar-refractivity contribution in [2.75, 3.05) is 16.3 Å². The van der Waals surface area contributed by atoms with Crippen molar-refractivity contribution in [2.24, 2.45) is 0 Å². The summed E-state index contributed by atoms with van der Waals surface area (Å²) in [5, 5.41) is 0. The van der Waals surface area contributed by atoms with Crippen molar-refractivity contribution in [1.29, 1.82) is 0 Å². The minimum Gasteiger partial charge on any atom is -0.301 e. The zero-order valence-electron chi connectivity index (χ0n) is 18.4. The molecule has 5 heteroatoms. The van der Waals surface area contributed by atoms with E-state index in [2.05, 4.69) is 15.9 Å². The summed E-state index contributed by atoms with van der Waals surface area (Å²) in [5.41, 5.74) is 5.40. The lowest BCUT2D eigenvalue weighted by molar-refractivity contribution is -0.127. The molecule has 1 heterocycles. The maximum atomic E-state index is 13.9. The normalized spacial score (nSPS) is 17.1. The maximum absolute atomic E-state index is 13.9. The fourth-order valence-electron chi connectivity index (χ4n) is 4.11. The Morgan fingerprint density at radius 3 is 2.31 bits per heavy atom. The van der Waals surface area contributed by atoms with Gasteiger partial charge in [-0.3, -0.25) is 14.5 Å². The van der Waals surface area contributed by atoms with Gasteiger partial charge in [-0.2, -0.15) is 0 Å². The molecule has 1 saturated heterocycles. The van der Waals surface area contributed by atoms with E-state index in [1.165, 1.54) is 0 Å². The highest BCUT2D eigenvalue weighted by molar-refractivity contribution is 9.10. The lowest BCUT2D eigenvalue weighted by Crippen LogP contribution is -2.61. The van der Waals surface area contributed by atoms with Crippen LogP contribution >= 0.6 is 15.9 Å². The van der Waals surface area contributed by atoms with Gasteiger partial charge in [0.25, 0.3) is 5.91 Å². The molecule has 162 valence electrons. The quantitative estimate of drug-likeness (QED) is 0.457. The van der Waals surface area contributed by atoms with Gasteiger partial charge in [-0.15, -0.1) is 0 Å². The van der Waals surface area contributed by atoms with Crippen LogP contribution < -0.4 is 9.80 Å². The van der Waals surface area contributed by atoms with E-state index in [9.17, 15) is 9.59 Å². The second-order valence-corrected chi connectivity index (χ2v) is 9.00. The van der Waals surface area contributed by atoms with E-state index in [4.69, 9.17) is 0 Å². The van der Waals surface area contributed by atoms with Crippen LogP contribution in [0.3, 0.4) is 0 Å². The third-order valence-electron chi connectivity index (χ3n) is 5.92. The molecule has 2 amide bonds. The highest BCUT2D eigenvalue weighted by Crippen LogP contribution is 2.32. The van der Waals surface area contributed by atoms with Crippen molar-refractivity contribution in [3.63, 3.8) is 0 Å². The Morgan fingerprint density at radius 2 is 1.62 bits per heavy atom. The van der Waals surface area contributed by atoms with Gasteiger partial charge in [0.1, 0.15) is 12.6 Å². The molecule has 0 aromatic heterocycles. The van der Waals surface area contributed by atoms with Crippen LogP contribution in [-0.4, -0.2) is 24.4 Å². The van der Waals surface area contributed by atoms with Crippen molar-refractivity contribution in [3.05, 3.63) is 99.5 Å². The van der Waals surface area contributed by atoms with Crippen molar-refractivity contribution in [1.82, 2.24) is 0 Å². The molecule has 3 aromatic rings. The number of nitrogens with zero attached hydrogens (tertiary/aromatic N) is 2. The number of rotatable bonds is 4. The predicted octanol–water partition coefficient (Wildman–Crippen LogP) is 5.92. The largest absolute Gasteiger partial charge is 0.301 e. The minimum atomic E-state index is -0.724. The van der Waals surface area contributed by atoms with Gasteiger partial charge in [-0.05, 0) is 73.4 Å². The van der Waals surface area contributed by atoms with Gasteiger partial charge >= 0.3 is 0 Å². The van der Waals surface area contributed by atoms with Crippen LogP contribution in [0.15, 0.2) is 82.8 Å². The Morgan fingerprint density at radius 1 is 0.938 bits per heavy atom. The van der Waals surface area contributed by atoms with Crippen molar-refractivity contribution in [2.45, 2.75) is 26.8 Å². The van der Waals surface area contributed by atoms with Crippen LogP contribution in [0.1, 0.15) is 23.6 Å². The summed E-state index contributed by atoms with van der Waals surface area (Å²) in [7, 11) is 0. The summed E-state index contributed by atoms with van der Waals surface area (Å²) in [6.45, 7) is 5.93. The van der Waals surface area contributed by atoms with Crippen LogP contribution in [0.5, 0.6) is 0 Å². The molecule has 1 atom stereocenters. The zero-order chi connectivity index (χ0) is 22.8. The molecule has 1 fully saturated rings. The van der Waals surface area contributed by atoms with Gasteiger partial charge in [-0.25, -0.2) is 0 Å². The Bertz CT molecular complexity index is 1190. The van der Waals surface area contributed by atoms with Crippen molar-refractivity contribution < 1.29 is 9.59 Å². The fourth-order valence-corrected chi connectivity index (χ4v) is 4.37. The average molecular weight is 489 g/mol. The maximum Gasteiger partial charge on any atom is 0.254 e. The number of carbonyl (C=O) groups excluding carboxylic acids is 2. The molecule has 0 aliphatic carbocycles. The second-order valence-electron chi connectivity index (χ2n) is 8.09. The number of benzene rings is 3. The molecule has 3 aromatic carbocycles.